The SMILES string of the molecule is COCOc1ccc(C2CC(=O)c3c(OCOC)cc(OCOC)c(C/C=C(\C)CCC=C(C)C)c3O2)cc1. The highest BCUT2D eigenvalue weighted by atomic mass is 16.7. The van der Waals surface area contributed by atoms with Gasteiger partial charge in [0.1, 0.15) is 34.7 Å². The molecule has 0 N–H and O–H groups in total. The first-order valence-electron chi connectivity index (χ1n) is 13.0. The smallest absolute Gasteiger partial charge is 0.188 e. The first kappa shape index (κ1) is 30.2. The molecular weight excluding hydrogens is 500 g/mol. The van der Waals surface area contributed by atoms with Crippen molar-refractivity contribution < 1.29 is 38.0 Å². The van der Waals surface area contributed by atoms with E-state index in [-0.39, 0.29) is 32.6 Å². The van der Waals surface area contributed by atoms with E-state index >= 15 is 0 Å². The second-order valence-electron chi connectivity index (χ2n) is 9.59. The highest BCUT2D eigenvalue weighted by molar-refractivity contribution is 6.03. The van der Waals surface area contributed by atoms with Crippen molar-refractivity contribution in [2.45, 2.75) is 52.6 Å². The lowest BCUT2D eigenvalue weighted by Crippen LogP contribution is -2.23. The number of carbonyl (C=O) groups is 1. The molecule has 8 heteroatoms. The summed E-state index contributed by atoms with van der Waals surface area (Å²) >= 11 is 0. The Morgan fingerprint density at radius 2 is 1.54 bits per heavy atom. The van der Waals surface area contributed by atoms with Crippen LogP contribution in [-0.2, 0) is 20.6 Å². The molecule has 2 aromatic rings. The molecule has 212 valence electrons. The van der Waals surface area contributed by atoms with Crippen molar-refractivity contribution in [1.29, 1.82) is 0 Å². The van der Waals surface area contributed by atoms with Crippen LogP contribution in [0.1, 0.15) is 67.6 Å². The van der Waals surface area contributed by atoms with Crippen LogP contribution in [0.3, 0.4) is 0 Å². The van der Waals surface area contributed by atoms with Gasteiger partial charge in [-0.3, -0.25) is 4.79 Å². The maximum absolute atomic E-state index is 13.6. The molecule has 0 aliphatic carbocycles. The molecule has 1 aliphatic heterocycles. The van der Waals surface area contributed by atoms with Crippen LogP contribution in [0.4, 0.5) is 0 Å². The van der Waals surface area contributed by atoms with E-state index in [1.54, 1.807) is 20.3 Å². The van der Waals surface area contributed by atoms with Crippen molar-refractivity contribution in [3.63, 3.8) is 0 Å². The third-order valence-corrected chi connectivity index (χ3v) is 6.22. The fraction of sp³-hybridized carbons (Fsp3) is 0.452. The molecule has 0 radical (unpaired) electrons. The van der Waals surface area contributed by atoms with Crippen LogP contribution < -0.4 is 18.9 Å². The van der Waals surface area contributed by atoms with Gasteiger partial charge >= 0.3 is 0 Å². The number of Topliss-reactive ketones (excluding diaryl/α,β-unsaturated/α-hetero) is 1. The average Bonchev–Trinajstić information content (AvgIpc) is 2.92. The van der Waals surface area contributed by atoms with Crippen molar-refractivity contribution in [2.24, 2.45) is 0 Å². The zero-order valence-electron chi connectivity index (χ0n) is 23.8. The van der Waals surface area contributed by atoms with E-state index in [0.29, 0.717) is 35.0 Å². The predicted octanol–water partition coefficient (Wildman–Crippen LogP) is 6.58. The lowest BCUT2D eigenvalue weighted by molar-refractivity contribution is 0.0433. The zero-order valence-corrected chi connectivity index (χ0v) is 23.8. The minimum atomic E-state index is -0.476. The van der Waals surface area contributed by atoms with Gasteiger partial charge in [-0.2, -0.15) is 0 Å². The molecule has 0 bridgehead atoms. The number of fused-ring (bicyclic) bond motifs is 1. The zero-order chi connectivity index (χ0) is 28.2. The van der Waals surface area contributed by atoms with E-state index in [1.807, 2.05) is 24.3 Å². The van der Waals surface area contributed by atoms with Gasteiger partial charge in [0.15, 0.2) is 26.2 Å². The lowest BCUT2D eigenvalue weighted by Gasteiger charge is -2.30. The highest BCUT2D eigenvalue weighted by Gasteiger charge is 2.34. The Morgan fingerprint density at radius 3 is 2.18 bits per heavy atom. The van der Waals surface area contributed by atoms with Gasteiger partial charge in [-0.15, -0.1) is 0 Å². The Labute approximate surface area is 231 Å². The van der Waals surface area contributed by atoms with Gasteiger partial charge < -0.3 is 33.2 Å². The summed E-state index contributed by atoms with van der Waals surface area (Å²) in [4.78, 5) is 13.6. The van der Waals surface area contributed by atoms with Gasteiger partial charge in [0, 0.05) is 33.0 Å². The van der Waals surface area contributed by atoms with Crippen LogP contribution in [0, 0.1) is 0 Å². The van der Waals surface area contributed by atoms with E-state index in [0.717, 1.165) is 24.0 Å². The second kappa shape index (κ2) is 15.3. The Bertz CT molecular complexity index is 1150. The number of ketones is 1. The summed E-state index contributed by atoms with van der Waals surface area (Å²) in [6, 6.07) is 9.19. The molecule has 0 fully saturated rings. The van der Waals surface area contributed by atoms with Gasteiger partial charge in [0.05, 0.1) is 6.42 Å². The van der Waals surface area contributed by atoms with Crippen LogP contribution in [-0.4, -0.2) is 47.5 Å². The number of allylic oxidation sites excluding steroid dienone is 4. The highest BCUT2D eigenvalue weighted by Crippen LogP contribution is 2.46. The maximum Gasteiger partial charge on any atom is 0.188 e. The Morgan fingerprint density at radius 1 is 0.897 bits per heavy atom. The molecule has 1 heterocycles. The molecular formula is C31H40O8. The average molecular weight is 541 g/mol. The molecule has 0 amide bonds. The number of ether oxygens (including phenoxy) is 7. The minimum absolute atomic E-state index is 0.0154. The normalized spacial score (nSPS) is 14.9. The van der Waals surface area contributed by atoms with Gasteiger partial charge in [-0.25, -0.2) is 0 Å². The maximum atomic E-state index is 13.6. The first-order valence-corrected chi connectivity index (χ1v) is 13.0. The number of hydrogen-bond donors (Lipinski definition) is 0. The lowest BCUT2D eigenvalue weighted by atomic mass is 9.92. The van der Waals surface area contributed by atoms with E-state index in [4.69, 9.17) is 33.2 Å². The van der Waals surface area contributed by atoms with Gasteiger partial charge in [-0.1, -0.05) is 35.4 Å². The molecule has 0 saturated carbocycles. The minimum Gasteiger partial charge on any atom is -0.484 e. The van der Waals surface area contributed by atoms with E-state index in [2.05, 4.69) is 32.9 Å². The topological polar surface area (TPSA) is 81.7 Å². The van der Waals surface area contributed by atoms with Gasteiger partial charge in [-0.05, 0) is 57.7 Å². The number of rotatable bonds is 15. The summed E-state index contributed by atoms with van der Waals surface area (Å²) in [5.41, 5.74) is 4.57. The number of methoxy groups -OCH3 is 3. The molecule has 1 atom stereocenters. The Kier molecular flexibility index (Phi) is 11.9. The van der Waals surface area contributed by atoms with Gasteiger partial charge in [0.2, 0.25) is 0 Å². The molecule has 0 aromatic heterocycles. The van der Waals surface area contributed by atoms with Crippen LogP contribution in [0.15, 0.2) is 53.6 Å². The van der Waals surface area contributed by atoms with Crippen molar-refractivity contribution >= 4 is 5.78 Å². The Balaban J connectivity index is 2.01. The third kappa shape index (κ3) is 8.58. The molecule has 39 heavy (non-hydrogen) atoms. The summed E-state index contributed by atoms with van der Waals surface area (Å²) in [7, 11) is 4.66. The molecule has 2 aromatic carbocycles. The fourth-order valence-corrected chi connectivity index (χ4v) is 4.24. The second-order valence-corrected chi connectivity index (χ2v) is 9.59. The number of benzene rings is 2. The Hall–Kier alpha value is -3.33. The molecule has 1 unspecified atom stereocenters. The molecule has 1 aliphatic rings. The van der Waals surface area contributed by atoms with Crippen molar-refractivity contribution in [1.82, 2.24) is 0 Å². The molecule has 0 spiro atoms. The standard InChI is InChI=1S/C31H40O8/c1-21(2)8-7-9-22(3)10-15-25-28(37-19-34-5)17-29(38-20-35-6)30-26(32)16-27(39-31(25)30)23-11-13-24(14-12-23)36-18-33-4/h8,10-14,17,27H,7,9,15-16,18-20H2,1-6H3/b22-10+. The predicted molar refractivity (Wildman–Crippen MR) is 149 cm³/mol. The van der Waals surface area contributed by atoms with Crippen molar-refractivity contribution in [2.75, 3.05) is 41.7 Å². The molecule has 3 rings (SSSR count). The first-order chi connectivity index (χ1) is 18.9. The van der Waals surface area contributed by atoms with Crippen LogP contribution in [0.2, 0.25) is 0 Å². The van der Waals surface area contributed by atoms with E-state index < -0.39 is 6.10 Å². The largest absolute Gasteiger partial charge is 0.484 e. The van der Waals surface area contributed by atoms with Crippen molar-refractivity contribution in [3.05, 3.63) is 70.3 Å². The van der Waals surface area contributed by atoms with Gasteiger partial charge in [0.25, 0.3) is 0 Å². The summed E-state index contributed by atoms with van der Waals surface area (Å²) in [6.45, 7) is 6.49. The molecule has 8 nitrogen and oxygen atoms in total. The summed E-state index contributed by atoms with van der Waals surface area (Å²) in [5, 5.41) is 0. The van der Waals surface area contributed by atoms with Crippen LogP contribution in [0.25, 0.3) is 0 Å². The monoisotopic (exact) mass is 540 g/mol. The van der Waals surface area contributed by atoms with E-state index in [9.17, 15) is 4.79 Å². The third-order valence-electron chi connectivity index (χ3n) is 6.22. The molecule has 0 saturated heterocycles. The van der Waals surface area contributed by atoms with Crippen LogP contribution in [0.5, 0.6) is 23.0 Å². The number of hydrogen-bond acceptors (Lipinski definition) is 8. The number of carbonyl (C=O) groups excluding carboxylic acids is 1. The summed E-state index contributed by atoms with van der Waals surface area (Å²) < 4.78 is 39.1. The quantitative estimate of drug-likeness (QED) is 0.185. The van der Waals surface area contributed by atoms with E-state index in [1.165, 1.54) is 18.3 Å². The fourth-order valence-electron chi connectivity index (χ4n) is 4.24. The van der Waals surface area contributed by atoms with Crippen LogP contribution >= 0.6 is 0 Å². The summed E-state index contributed by atoms with van der Waals surface area (Å²) in [5.74, 6) is 1.95. The van der Waals surface area contributed by atoms with Crippen molar-refractivity contribution in [3.8, 4) is 23.0 Å². The summed E-state index contributed by atoms with van der Waals surface area (Å²) in [6.07, 6.45) is 6.52.